The summed E-state index contributed by atoms with van der Waals surface area (Å²) >= 11 is 1.50. The number of hydrogen-bond acceptors (Lipinski definition) is 4. The molecule has 1 N–H and O–H groups in total. The summed E-state index contributed by atoms with van der Waals surface area (Å²) < 4.78 is 0. The number of fused-ring (bicyclic) bond motifs is 1. The summed E-state index contributed by atoms with van der Waals surface area (Å²) in [7, 11) is 0. The average molecular weight is 361 g/mol. The quantitative estimate of drug-likeness (QED) is 0.877. The van der Waals surface area contributed by atoms with Crippen LogP contribution in [0.3, 0.4) is 0 Å². The van der Waals surface area contributed by atoms with Crippen LogP contribution in [0.2, 0.25) is 0 Å². The van der Waals surface area contributed by atoms with Gasteiger partial charge < -0.3 is 15.1 Å². The van der Waals surface area contributed by atoms with E-state index in [2.05, 4.69) is 5.32 Å². The zero-order valence-corrected chi connectivity index (χ0v) is 15.4. The molecule has 2 heterocycles. The van der Waals surface area contributed by atoms with E-state index in [-0.39, 0.29) is 23.0 Å². The van der Waals surface area contributed by atoms with E-state index in [9.17, 15) is 14.4 Å². The van der Waals surface area contributed by atoms with Crippen molar-refractivity contribution in [2.45, 2.75) is 36.8 Å². The minimum Gasteiger partial charge on any atom is -0.341 e. The van der Waals surface area contributed by atoms with Crippen molar-refractivity contribution in [1.82, 2.24) is 9.80 Å². The lowest BCUT2D eigenvalue weighted by Gasteiger charge is -2.24. The van der Waals surface area contributed by atoms with Crippen molar-refractivity contribution in [2.75, 3.05) is 31.5 Å². The Balaban J connectivity index is 1.72. The highest BCUT2D eigenvalue weighted by Gasteiger charge is 2.26. The van der Waals surface area contributed by atoms with Crippen LogP contribution in [0.25, 0.3) is 0 Å². The summed E-state index contributed by atoms with van der Waals surface area (Å²) in [5.74, 6) is 0.0500. The molecular weight excluding hydrogens is 338 g/mol. The van der Waals surface area contributed by atoms with Crippen LogP contribution < -0.4 is 5.32 Å². The monoisotopic (exact) mass is 361 g/mol. The van der Waals surface area contributed by atoms with Gasteiger partial charge in [-0.2, -0.15) is 0 Å². The molecule has 1 aromatic carbocycles. The largest absolute Gasteiger partial charge is 0.341 e. The molecule has 0 radical (unpaired) electrons. The maximum atomic E-state index is 12.8. The fourth-order valence-corrected chi connectivity index (χ4v) is 4.05. The first-order chi connectivity index (χ1) is 12.0. The number of hydrogen-bond donors (Lipinski definition) is 1. The van der Waals surface area contributed by atoms with Gasteiger partial charge in [0.05, 0.1) is 10.9 Å². The SMILES string of the molecule is CCC(=O)N1CCCN(C(=O)c2ccc3c(c2)NC(=O)C(C)S3)CC1. The number of carbonyl (C=O) groups excluding carboxylic acids is 3. The van der Waals surface area contributed by atoms with Crippen LogP contribution in [0.4, 0.5) is 5.69 Å². The average Bonchev–Trinajstić information content (AvgIpc) is 2.87. The first-order valence-corrected chi connectivity index (χ1v) is 9.56. The molecule has 1 saturated heterocycles. The van der Waals surface area contributed by atoms with E-state index in [1.807, 2.05) is 30.9 Å². The highest BCUT2D eigenvalue weighted by molar-refractivity contribution is 8.00. The maximum absolute atomic E-state index is 12.8. The fourth-order valence-electron chi connectivity index (χ4n) is 3.12. The van der Waals surface area contributed by atoms with Crippen molar-refractivity contribution in [2.24, 2.45) is 0 Å². The highest BCUT2D eigenvalue weighted by Crippen LogP contribution is 2.36. The smallest absolute Gasteiger partial charge is 0.253 e. The first kappa shape index (κ1) is 17.8. The van der Waals surface area contributed by atoms with Gasteiger partial charge in [0.2, 0.25) is 11.8 Å². The third kappa shape index (κ3) is 3.81. The molecular formula is C18H23N3O3S. The Hall–Kier alpha value is -2.02. The van der Waals surface area contributed by atoms with Gasteiger partial charge in [-0.25, -0.2) is 0 Å². The number of nitrogens with one attached hydrogen (secondary N) is 1. The van der Waals surface area contributed by atoms with Crippen LogP contribution in [0.15, 0.2) is 23.1 Å². The number of anilines is 1. The van der Waals surface area contributed by atoms with Crippen LogP contribution >= 0.6 is 11.8 Å². The molecule has 2 aliphatic rings. The molecule has 0 aromatic heterocycles. The molecule has 1 fully saturated rings. The number of nitrogens with zero attached hydrogens (tertiary/aromatic N) is 2. The lowest BCUT2D eigenvalue weighted by molar-refractivity contribution is -0.130. The van der Waals surface area contributed by atoms with Crippen molar-refractivity contribution in [3.05, 3.63) is 23.8 Å². The Kier molecular flexibility index (Phi) is 5.32. The molecule has 1 atom stereocenters. The summed E-state index contributed by atoms with van der Waals surface area (Å²) in [6.45, 7) is 6.18. The summed E-state index contributed by atoms with van der Waals surface area (Å²) in [6.07, 6.45) is 1.28. The molecule has 1 aromatic rings. The lowest BCUT2D eigenvalue weighted by Crippen LogP contribution is -2.37. The Labute approximate surface area is 151 Å². The second kappa shape index (κ2) is 7.47. The molecule has 6 nitrogen and oxygen atoms in total. The van der Waals surface area contributed by atoms with Gasteiger partial charge in [0, 0.05) is 43.1 Å². The molecule has 3 rings (SSSR count). The third-order valence-corrected chi connectivity index (χ3v) is 5.77. The van der Waals surface area contributed by atoms with E-state index in [0.717, 1.165) is 11.3 Å². The zero-order chi connectivity index (χ0) is 18.0. The molecule has 0 spiro atoms. The summed E-state index contributed by atoms with van der Waals surface area (Å²) in [6, 6.07) is 5.47. The maximum Gasteiger partial charge on any atom is 0.253 e. The predicted molar refractivity (Wildman–Crippen MR) is 97.8 cm³/mol. The van der Waals surface area contributed by atoms with Crippen LogP contribution in [-0.4, -0.2) is 59.0 Å². The number of amides is 3. The van der Waals surface area contributed by atoms with Gasteiger partial charge in [0.1, 0.15) is 0 Å². The minimum atomic E-state index is -0.123. The molecule has 0 saturated carbocycles. The Morgan fingerprint density at radius 2 is 1.92 bits per heavy atom. The van der Waals surface area contributed by atoms with E-state index in [4.69, 9.17) is 0 Å². The Morgan fingerprint density at radius 3 is 2.68 bits per heavy atom. The Bertz CT molecular complexity index is 707. The number of thioether (sulfide) groups is 1. The van der Waals surface area contributed by atoms with Crippen LogP contribution in [0.5, 0.6) is 0 Å². The molecule has 7 heteroatoms. The molecule has 1 unspecified atom stereocenters. The summed E-state index contributed by atoms with van der Waals surface area (Å²) in [4.78, 5) is 41.2. The van der Waals surface area contributed by atoms with Gasteiger partial charge in [-0.1, -0.05) is 6.92 Å². The first-order valence-electron chi connectivity index (χ1n) is 8.68. The lowest BCUT2D eigenvalue weighted by atomic mass is 10.1. The van der Waals surface area contributed by atoms with Crippen molar-refractivity contribution < 1.29 is 14.4 Å². The molecule has 0 aliphatic carbocycles. The standard InChI is InChI=1S/C18H23N3O3S/c1-3-16(22)20-7-4-8-21(10-9-20)18(24)13-5-6-15-14(11-13)19-17(23)12(2)25-15/h5-6,11-12H,3-4,7-10H2,1-2H3,(H,19,23). The highest BCUT2D eigenvalue weighted by atomic mass is 32.2. The van der Waals surface area contributed by atoms with Crippen LogP contribution in [0, 0.1) is 0 Å². The second-order valence-electron chi connectivity index (χ2n) is 6.34. The van der Waals surface area contributed by atoms with Gasteiger partial charge in [-0.15, -0.1) is 11.8 Å². The third-order valence-electron chi connectivity index (χ3n) is 4.60. The minimum absolute atomic E-state index is 0.0365. The fraction of sp³-hybridized carbons (Fsp3) is 0.500. The molecule has 2 aliphatic heterocycles. The van der Waals surface area contributed by atoms with Crippen molar-refractivity contribution in [1.29, 1.82) is 0 Å². The second-order valence-corrected chi connectivity index (χ2v) is 7.72. The van der Waals surface area contributed by atoms with E-state index in [1.54, 1.807) is 11.0 Å². The zero-order valence-electron chi connectivity index (χ0n) is 14.6. The van der Waals surface area contributed by atoms with Gasteiger partial charge in [0.25, 0.3) is 5.91 Å². The van der Waals surface area contributed by atoms with Crippen molar-refractivity contribution in [3.63, 3.8) is 0 Å². The topological polar surface area (TPSA) is 69.7 Å². The van der Waals surface area contributed by atoms with Gasteiger partial charge >= 0.3 is 0 Å². The Morgan fingerprint density at radius 1 is 1.20 bits per heavy atom. The summed E-state index contributed by atoms with van der Waals surface area (Å²) in [5, 5.41) is 2.74. The summed E-state index contributed by atoms with van der Waals surface area (Å²) in [5.41, 5.74) is 1.28. The van der Waals surface area contributed by atoms with E-state index >= 15 is 0 Å². The van der Waals surface area contributed by atoms with Crippen LogP contribution in [0.1, 0.15) is 37.0 Å². The molecule has 25 heavy (non-hydrogen) atoms. The van der Waals surface area contributed by atoms with E-state index < -0.39 is 0 Å². The molecule has 3 amide bonds. The van der Waals surface area contributed by atoms with E-state index in [1.165, 1.54) is 11.8 Å². The number of carbonyl (C=O) groups is 3. The van der Waals surface area contributed by atoms with Crippen molar-refractivity contribution >= 4 is 35.2 Å². The number of benzene rings is 1. The van der Waals surface area contributed by atoms with Crippen LogP contribution in [-0.2, 0) is 9.59 Å². The van der Waals surface area contributed by atoms with Gasteiger partial charge in [-0.3, -0.25) is 14.4 Å². The normalized spacial score (nSPS) is 20.6. The van der Waals surface area contributed by atoms with Gasteiger partial charge in [-0.05, 0) is 31.5 Å². The molecule has 134 valence electrons. The van der Waals surface area contributed by atoms with E-state index in [0.29, 0.717) is 43.9 Å². The van der Waals surface area contributed by atoms with Crippen molar-refractivity contribution in [3.8, 4) is 0 Å². The van der Waals surface area contributed by atoms with Gasteiger partial charge in [0.15, 0.2) is 0 Å². The predicted octanol–water partition coefficient (Wildman–Crippen LogP) is 2.20. The molecule has 0 bridgehead atoms. The number of rotatable bonds is 2.